The van der Waals surface area contributed by atoms with E-state index in [1.165, 1.54) is 4.90 Å². The van der Waals surface area contributed by atoms with Crippen LogP contribution >= 0.6 is 11.6 Å². The Hall–Kier alpha value is -2.72. The van der Waals surface area contributed by atoms with Gasteiger partial charge in [-0.15, -0.1) is 0 Å². The highest BCUT2D eigenvalue weighted by atomic mass is 35.5. The van der Waals surface area contributed by atoms with E-state index in [1.54, 1.807) is 24.3 Å². The van der Waals surface area contributed by atoms with Crippen LogP contribution in [0.3, 0.4) is 0 Å². The van der Waals surface area contributed by atoms with E-state index < -0.39 is 29.2 Å². The van der Waals surface area contributed by atoms with Crippen molar-refractivity contribution in [1.29, 1.82) is 0 Å². The zero-order valence-electron chi connectivity index (χ0n) is 14.9. The second-order valence-electron chi connectivity index (χ2n) is 6.45. The first-order valence-electron chi connectivity index (χ1n) is 8.68. The molecule has 11 heteroatoms. The summed E-state index contributed by atoms with van der Waals surface area (Å²) in [6.45, 7) is 1.41. The number of halogens is 5. The molecule has 6 nitrogen and oxygen atoms in total. The zero-order chi connectivity index (χ0) is 20.5. The minimum atomic E-state index is -1.66. The lowest BCUT2D eigenvalue weighted by Crippen LogP contribution is -2.46. The van der Waals surface area contributed by atoms with Crippen LogP contribution in [-0.4, -0.2) is 46.2 Å². The molecule has 1 aliphatic heterocycles. The average molecular weight is 428 g/mol. The van der Waals surface area contributed by atoms with Crippen molar-refractivity contribution in [2.75, 3.05) is 31.1 Å². The molecule has 0 radical (unpaired) electrons. The number of benzene rings is 1. The molecule has 0 spiro atoms. The number of piperazine rings is 1. The van der Waals surface area contributed by atoms with Crippen LogP contribution in [0.15, 0.2) is 28.8 Å². The number of rotatable bonds is 4. The molecular formula is C18H14ClF4N5O. The van der Waals surface area contributed by atoms with Gasteiger partial charge in [-0.1, -0.05) is 16.8 Å². The monoisotopic (exact) mass is 427 g/mol. The minimum absolute atomic E-state index is 0.162. The van der Waals surface area contributed by atoms with Crippen LogP contribution in [0.5, 0.6) is 0 Å². The third kappa shape index (κ3) is 4.03. The van der Waals surface area contributed by atoms with Gasteiger partial charge in [0.05, 0.1) is 6.54 Å². The maximum absolute atomic E-state index is 13.9. The molecule has 1 aliphatic rings. The molecule has 4 rings (SSSR count). The van der Waals surface area contributed by atoms with Gasteiger partial charge < -0.3 is 9.42 Å². The quantitative estimate of drug-likeness (QED) is 0.468. The predicted molar refractivity (Wildman–Crippen MR) is 96.3 cm³/mol. The van der Waals surface area contributed by atoms with Crippen molar-refractivity contribution >= 4 is 17.3 Å². The van der Waals surface area contributed by atoms with E-state index in [9.17, 15) is 17.6 Å². The van der Waals surface area contributed by atoms with Gasteiger partial charge >= 0.3 is 0 Å². The first-order valence-corrected chi connectivity index (χ1v) is 9.06. The standard InChI is InChI=1S/C18H14ClF4N5O/c19-11-3-1-10(2-4-11)18-24-12(29-26-18)9-27-5-7-28(8-6-27)15-13(20)16(22)25-17(23)14(15)21/h1-4H,5-9H2. The molecule has 29 heavy (non-hydrogen) atoms. The molecular weight excluding hydrogens is 414 g/mol. The summed E-state index contributed by atoms with van der Waals surface area (Å²) in [4.78, 5) is 10.1. The third-order valence-electron chi connectivity index (χ3n) is 4.59. The number of hydrogen-bond acceptors (Lipinski definition) is 6. The van der Waals surface area contributed by atoms with Gasteiger partial charge in [0.2, 0.25) is 23.3 Å². The van der Waals surface area contributed by atoms with E-state index in [1.807, 2.05) is 4.90 Å². The highest BCUT2D eigenvalue weighted by Gasteiger charge is 2.28. The van der Waals surface area contributed by atoms with E-state index in [2.05, 4.69) is 15.1 Å². The van der Waals surface area contributed by atoms with Crippen molar-refractivity contribution < 1.29 is 22.1 Å². The van der Waals surface area contributed by atoms with Gasteiger partial charge in [-0.2, -0.15) is 27.5 Å². The highest BCUT2D eigenvalue weighted by molar-refractivity contribution is 6.30. The maximum Gasteiger partial charge on any atom is 0.253 e. The molecule has 0 saturated carbocycles. The Morgan fingerprint density at radius 2 is 1.52 bits per heavy atom. The van der Waals surface area contributed by atoms with Crippen LogP contribution in [-0.2, 0) is 6.54 Å². The molecule has 3 heterocycles. The molecule has 152 valence electrons. The second-order valence-corrected chi connectivity index (χ2v) is 6.89. The molecule has 0 unspecified atom stereocenters. The summed E-state index contributed by atoms with van der Waals surface area (Å²) >= 11 is 5.86. The van der Waals surface area contributed by atoms with Gasteiger partial charge in [0.1, 0.15) is 5.69 Å². The summed E-state index contributed by atoms with van der Waals surface area (Å²) in [5, 5.41) is 4.53. The van der Waals surface area contributed by atoms with Gasteiger partial charge in [-0.3, -0.25) is 4.90 Å². The number of hydrogen-bond donors (Lipinski definition) is 0. The van der Waals surface area contributed by atoms with Crippen molar-refractivity contribution in [2.45, 2.75) is 6.54 Å². The van der Waals surface area contributed by atoms with E-state index in [4.69, 9.17) is 16.1 Å². The number of pyridine rings is 1. The fourth-order valence-corrected chi connectivity index (χ4v) is 3.24. The van der Waals surface area contributed by atoms with Crippen LogP contribution in [0.2, 0.25) is 5.02 Å². The Morgan fingerprint density at radius 1 is 0.897 bits per heavy atom. The predicted octanol–water partition coefficient (Wildman–Crippen LogP) is 3.66. The molecule has 0 atom stereocenters. The lowest BCUT2D eigenvalue weighted by molar-refractivity contribution is 0.214. The molecule has 0 N–H and O–H groups in total. The van der Waals surface area contributed by atoms with E-state index >= 15 is 0 Å². The Labute approximate surface area is 167 Å². The summed E-state index contributed by atoms with van der Waals surface area (Å²) in [5.74, 6) is -5.53. The van der Waals surface area contributed by atoms with Crippen LogP contribution in [0.4, 0.5) is 23.2 Å². The fourth-order valence-electron chi connectivity index (χ4n) is 3.11. The topological polar surface area (TPSA) is 58.3 Å². The zero-order valence-corrected chi connectivity index (χ0v) is 15.6. The molecule has 0 bridgehead atoms. The largest absolute Gasteiger partial charge is 0.364 e. The molecule has 0 amide bonds. The van der Waals surface area contributed by atoms with E-state index in [0.29, 0.717) is 36.4 Å². The van der Waals surface area contributed by atoms with Crippen LogP contribution in [0.1, 0.15) is 5.89 Å². The third-order valence-corrected chi connectivity index (χ3v) is 4.84. The van der Waals surface area contributed by atoms with Gasteiger partial charge in [0, 0.05) is 36.8 Å². The summed E-state index contributed by atoms with van der Waals surface area (Å²) < 4.78 is 59.8. The normalized spacial score (nSPS) is 15.1. The minimum Gasteiger partial charge on any atom is -0.364 e. The molecule has 1 saturated heterocycles. The SMILES string of the molecule is Fc1nc(F)c(F)c(N2CCN(Cc3nc(-c4ccc(Cl)cc4)no3)CC2)c1F. The van der Waals surface area contributed by atoms with Crippen molar-refractivity contribution in [2.24, 2.45) is 0 Å². The maximum atomic E-state index is 13.9. The number of nitrogens with zero attached hydrogens (tertiary/aromatic N) is 5. The van der Waals surface area contributed by atoms with Gasteiger partial charge in [-0.05, 0) is 24.3 Å². The Bertz CT molecular complexity index is 996. The Balaban J connectivity index is 1.41. The highest BCUT2D eigenvalue weighted by Crippen LogP contribution is 2.27. The first kappa shape index (κ1) is 19.6. The average Bonchev–Trinajstić information content (AvgIpc) is 3.17. The molecule has 1 aromatic carbocycles. The second kappa shape index (κ2) is 7.96. The summed E-state index contributed by atoms with van der Waals surface area (Å²) in [6, 6.07) is 6.97. The van der Waals surface area contributed by atoms with Crippen molar-refractivity contribution in [1.82, 2.24) is 20.0 Å². The lowest BCUT2D eigenvalue weighted by Gasteiger charge is -2.35. The number of aromatic nitrogens is 3. The van der Waals surface area contributed by atoms with E-state index in [0.717, 1.165) is 5.56 Å². The molecule has 0 aliphatic carbocycles. The van der Waals surface area contributed by atoms with Crippen LogP contribution < -0.4 is 4.90 Å². The van der Waals surface area contributed by atoms with Gasteiger partial charge in [0.25, 0.3) is 11.9 Å². The summed E-state index contributed by atoms with van der Waals surface area (Å²) in [6.07, 6.45) is 0. The smallest absolute Gasteiger partial charge is 0.253 e. The van der Waals surface area contributed by atoms with Gasteiger partial charge in [-0.25, -0.2) is 0 Å². The lowest BCUT2D eigenvalue weighted by atomic mass is 10.2. The van der Waals surface area contributed by atoms with Crippen molar-refractivity contribution in [3.8, 4) is 11.4 Å². The molecule has 2 aromatic heterocycles. The summed E-state index contributed by atoms with van der Waals surface area (Å²) in [5.41, 5.74) is 0.0133. The van der Waals surface area contributed by atoms with Crippen LogP contribution in [0.25, 0.3) is 11.4 Å². The van der Waals surface area contributed by atoms with Crippen LogP contribution in [0, 0.1) is 23.5 Å². The number of anilines is 1. The van der Waals surface area contributed by atoms with Gasteiger partial charge in [0.15, 0.2) is 0 Å². The summed E-state index contributed by atoms with van der Waals surface area (Å²) in [7, 11) is 0. The first-order chi connectivity index (χ1) is 13.9. The van der Waals surface area contributed by atoms with Crippen molar-refractivity contribution in [3.63, 3.8) is 0 Å². The van der Waals surface area contributed by atoms with E-state index in [-0.39, 0.29) is 13.1 Å². The van der Waals surface area contributed by atoms with Crippen molar-refractivity contribution in [3.05, 3.63) is 58.7 Å². The molecule has 3 aromatic rings. The Morgan fingerprint density at radius 3 is 2.14 bits per heavy atom. The molecule has 1 fully saturated rings. The fraction of sp³-hybridized carbons (Fsp3) is 0.278. The Kier molecular flexibility index (Phi) is 5.37.